The summed E-state index contributed by atoms with van der Waals surface area (Å²) in [6.07, 6.45) is 7.55. The summed E-state index contributed by atoms with van der Waals surface area (Å²) in [4.78, 5) is 15.7. The first-order valence-electron chi connectivity index (χ1n) is 6.72. The minimum Gasteiger partial charge on any atom is -0.477 e. The highest BCUT2D eigenvalue weighted by Crippen LogP contribution is 2.26. The zero-order valence-corrected chi connectivity index (χ0v) is 11.0. The SMILES string of the molecule is C=CCCCOc1nc2c(cc1C(=O)O)CCCC2. The van der Waals surface area contributed by atoms with Gasteiger partial charge < -0.3 is 9.84 Å². The Hall–Kier alpha value is -1.84. The van der Waals surface area contributed by atoms with Crippen LogP contribution in [0.1, 0.15) is 47.3 Å². The van der Waals surface area contributed by atoms with Crippen LogP contribution in [0.15, 0.2) is 18.7 Å². The molecule has 1 heterocycles. The number of hydrogen-bond donors (Lipinski definition) is 1. The van der Waals surface area contributed by atoms with E-state index in [9.17, 15) is 9.90 Å². The second kappa shape index (κ2) is 6.36. The van der Waals surface area contributed by atoms with Crippen molar-refractivity contribution in [2.24, 2.45) is 0 Å². The summed E-state index contributed by atoms with van der Waals surface area (Å²) in [5.41, 5.74) is 2.23. The molecule has 1 N–H and O–H groups in total. The lowest BCUT2D eigenvalue weighted by Gasteiger charge is -2.17. The molecule has 2 rings (SSSR count). The van der Waals surface area contributed by atoms with Gasteiger partial charge in [0.25, 0.3) is 0 Å². The van der Waals surface area contributed by atoms with E-state index in [1.165, 1.54) is 0 Å². The van der Waals surface area contributed by atoms with Gasteiger partial charge in [-0.05, 0) is 50.2 Å². The second-order valence-electron chi connectivity index (χ2n) is 4.74. The van der Waals surface area contributed by atoms with Gasteiger partial charge in [0.1, 0.15) is 5.56 Å². The van der Waals surface area contributed by atoms with E-state index in [-0.39, 0.29) is 11.4 Å². The molecule has 4 heteroatoms. The molecule has 0 aliphatic heterocycles. The van der Waals surface area contributed by atoms with Gasteiger partial charge in [0.05, 0.1) is 6.61 Å². The predicted octanol–water partition coefficient (Wildman–Crippen LogP) is 3.00. The van der Waals surface area contributed by atoms with Crippen LogP contribution in [-0.4, -0.2) is 22.7 Å². The van der Waals surface area contributed by atoms with Crippen molar-refractivity contribution in [2.45, 2.75) is 38.5 Å². The fraction of sp³-hybridized carbons (Fsp3) is 0.467. The fourth-order valence-corrected chi connectivity index (χ4v) is 2.27. The first-order valence-corrected chi connectivity index (χ1v) is 6.72. The topological polar surface area (TPSA) is 59.4 Å². The zero-order chi connectivity index (χ0) is 13.7. The molecule has 0 saturated heterocycles. The Bertz CT molecular complexity index is 483. The molecule has 0 aromatic carbocycles. The number of rotatable bonds is 6. The van der Waals surface area contributed by atoms with Crippen molar-refractivity contribution in [3.63, 3.8) is 0 Å². The molecule has 19 heavy (non-hydrogen) atoms. The van der Waals surface area contributed by atoms with Gasteiger partial charge in [-0.15, -0.1) is 6.58 Å². The number of aromatic nitrogens is 1. The van der Waals surface area contributed by atoms with Gasteiger partial charge in [0, 0.05) is 5.69 Å². The van der Waals surface area contributed by atoms with Crippen molar-refractivity contribution in [1.29, 1.82) is 0 Å². The Morgan fingerprint density at radius 3 is 3.00 bits per heavy atom. The van der Waals surface area contributed by atoms with Crippen molar-refractivity contribution in [1.82, 2.24) is 4.98 Å². The van der Waals surface area contributed by atoms with E-state index in [0.717, 1.165) is 49.8 Å². The molecule has 1 aliphatic rings. The average molecular weight is 261 g/mol. The Morgan fingerprint density at radius 1 is 1.47 bits per heavy atom. The molecule has 0 bridgehead atoms. The quantitative estimate of drug-likeness (QED) is 0.631. The number of carboxylic acids is 1. The predicted molar refractivity (Wildman–Crippen MR) is 72.8 cm³/mol. The fourth-order valence-electron chi connectivity index (χ4n) is 2.27. The second-order valence-corrected chi connectivity index (χ2v) is 4.74. The highest BCUT2D eigenvalue weighted by atomic mass is 16.5. The monoisotopic (exact) mass is 261 g/mol. The third-order valence-corrected chi connectivity index (χ3v) is 3.29. The van der Waals surface area contributed by atoms with Gasteiger partial charge in [-0.2, -0.15) is 0 Å². The van der Waals surface area contributed by atoms with E-state index >= 15 is 0 Å². The van der Waals surface area contributed by atoms with Crippen molar-refractivity contribution >= 4 is 5.97 Å². The molecule has 0 spiro atoms. The molecule has 4 nitrogen and oxygen atoms in total. The van der Waals surface area contributed by atoms with Crippen LogP contribution < -0.4 is 4.74 Å². The number of carboxylic acid groups (broad SMARTS) is 1. The van der Waals surface area contributed by atoms with Gasteiger partial charge in [0.2, 0.25) is 5.88 Å². The molecule has 0 atom stereocenters. The number of ether oxygens (including phenoxy) is 1. The average Bonchev–Trinajstić information content (AvgIpc) is 2.42. The van der Waals surface area contributed by atoms with Crippen molar-refractivity contribution < 1.29 is 14.6 Å². The highest BCUT2D eigenvalue weighted by molar-refractivity contribution is 5.90. The maximum absolute atomic E-state index is 11.3. The summed E-state index contributed by atoms with van der Waals surface area (Å²) in [5.74, 6) is -0.711. The first kappa shape index (κ1) is 13.6. The lowest BCUT2D eigenvalue weighted by molar-refractivity contribution is 0.0691. The molecular formula is C15H19NO3. The number of unbranched alkanes of at least 4 members (excludes halogenated alkanes) is 1. The summed E-state index contributed by atoms with van der Waals surface area (Å²) in [6, 6.07) is 1.73. The largest absolute Gasteiger partial charge is 0.477 e. The summed E-state index contributed by atoms with van der Waals surface area (Å²) in [5, 5.41) is 9.23. The van der Waals surface area contributed by atoms with Gasteiger partial charge in [-0.25, -0.2) is 9.78 Å². The number of nitrogens with zero attached hydrogens (tertiary/aromatic N) is 1. The van der Waals surface area contributed by atoms with Gasteiger partial charge in [0.15, 0.2) is 0 Å². The minimum absolute atomic E-state index is 0.180. The standard InChI is InChI=1S/C15H19NO3/c1-2-3-6-9-19-14-12(15(17)18)10-11-7-4-5-8-13(11)16-14/h2,10H,1,3-9H2,(H,17,18). The first-order chi connectivity index (χ1) is 9.22. The van der Waals surface area contributed by atoms with Gasteiger partial charge in [-0.1, -0.05) is 6.08 Å². The summed E-state index contributed by atoms with van der Waals surface area (Å²) in [7, 11) is 0. The van der Waals surface area contributed by atoms with E-state index in [1.54, 1.807) is 6.07 Å². The number of hydrogen-bond acceptors (Lipinski definition) is 3. The molecule has 1 aromatic heterocycles. The normalized spacial score (nSPS) is 13.7. The molecule has 0 saturated carbocycles. The smallest absolute Gasteiger partial charge is 0.341 e. The van der Waals surface area contributed by atoms with Crippen molar-refractivity contribution in [2.75, 3.05) is 6.61 Å². The molecule has 0 unspecified atom stereocenters. The van der Waals surface area contributed by atoms with Crippen LogP contribution in [0, 0.1) is 0 Å². The van der Waals surface area contributed by atoms with E-state index in [0.29, 0.717) is 6.61 Å². The number of allylic oxidation sites excluding steroid dienone is 1. The van der Waals surface area contributed by atoms with Crippen LogP contribution in [0.3, 0.4) is 0 Å². The highest BCUT2D eigenvalue weighted by Gasteiger charge is 2.19. The number of fused-ring (bicyclic) bond motifs is 1. The Labute approximate surface area is 113 Å². The summed E-state index contributed by atoms with van der Waals surface area (Å²) < 4.78 is 5.53. The van der Waals surface area contributed by atoms with Crippen LogP contribution >= 0.6 is 0 Å². The number of aromatic carboxylic acids is 1. The Kier molecular flexibility index (Phi) is 4.55. The lowest BCUT2D eigenvalue weighted by atomic mass is 9.95. The van der Waals surface area contributed by atoms with Gasteiger partial charge in [-0.3, -0.25) is 0 Å². The number of carbonyl (C=O) groups is 1. The van der Waals surface area contributed by atoms with Crippen LogP contribution in [-0.2, 0) is 12.8 Å². The Balaban J connectivity index is 2.19. The molecule has 1 aliphatic carbocycles. The lowest BCUT2D eigenvalue weighted by Crippen LogP contribution is -2.12. The summed E-state index contributed by atoms with van der Waals surface area (Å²) >= 11 is 0. The minimum atomic E-state index is -0.973. The van der Waals surface area contributed by atoms with Crippen molar-refractivity contribution in [3.05, 3.63) is 35.5 Å². The van der Waals surface area contributed by atoms with Crippen LogP contribution in [0.2, 0.25) is 0 Å². The summed E-state index contributed by atoms with van der Waals surface area (Å²) in [6.45, 7) is 4.11. The number of pyridine rings is 1. The van der Waals surface area contributed by atoms with E-state index in [4.69, 9.17) is 4.74 Å². The van der Waals surface area contributed by atoms with E-state index < -0.39 is 5.97 Å². The third-order valence-electron chi connectivity index (χ3n) is 3.29. The van der Waals surface area contributed by atoms with Crippen LogP contribution in [0.4, 0.5) is 0 Å². The molecule has 0 radical (unpaired) electrons. The maximum Gasteiger partial charge on any atom is 0.341 e. The van der Waals surface area contributed by atoms with Gasteiger partial charge >= 0.3 is 5.97 Å². The molecule has 102 valence electrons. The molecule has 0 fully saturated rings. The molecular weight excluding hydrogens is 242 g/mol. The third kappa shape index (κ3) is 3.34. The maximum atomic E-state index is 11.3. The van der Waals surface area contributed by atoms with Crippen LogP contribution in [0.25, 0.3) is 0 Å². The molecule has 0 amide bonds. The van der Waals surface area contributed by atoms with E-state index in [1.807, 2.05) is 6.08 Å². The Morgan fingerprint density at radius 2 is 2.26 bits per heavy atom. The van der Waals surface area contributed by atoms with Crippen LogP contribution in [0.5, 0.6) is 5.88 Å². The molecule has 1 aromatic rings. The zero-order valence-electron chi connectivity index (χ0n) is 11.0. The van der Waals surface area contributed by atoms with E-state index in [2.05, 4.69) is 11.6 Å². The number of aryl methyl sites for hydroxylation is 2. The van der Waals surface area contributed by atoms with Crippen molar-refractivity contribution in [3.8, 4) is 5.88 Å².